The van der Waals surface area contributed by atoms with Crippen molar-refractivity contribution in [2.75, 3.05) is 33.3 Å². The summed E-state index contributed by atoms with van der Waals surface area (Å²) in [6, 6.07) is 6.42. The molecular formula is C18H28FN3O. The standard InChI is InChI=1S/C18H28FN3O/c1-5-20-17(22-11-10-18(2,3)13-22)21-12-16(23-4)14-6-8-15(19)9-7-14/h6-9,16H,5,10-13H2,1-4H3,(H,20,21). The van der Waals surface area contributed by atoms with Gasteiger partial charge in [-0.25, -0.2) is 4.39 Å². The maximum atomic E-state index is 13.1. The number of aliphatic imine (C=N–C) groups is 1. The van der Waals surface area contributed by atoms with E-state index >= 15 is 0 Å². The molecule has 1 saturated heterocycles. The maximum Gasteiger partial charge on any atom is 0.194 e. The van der Waals surface area contributed by atoms with Gasteiger partial charge < -0.3 is 15.0 Å². The Bertz CT molecular complexity index is 528. The molecule has 128 valence electrons. The van der Waals surface area contributed by atoms with Crippen LogP contribution >= 0.6 is 0 Å². The van der Waals surface area contributed by atoms with Crippen molar-refractivity contribution in [1.82, 2.24) is 10.2 Å². The van der Waals surface area contributed by atoms with E-state index in [0.29, 0.717) is 12.0 Å². The Labute approximate surface area is 138 Å². The fraction of sp³-hybridized carbons (Fsp3) is 0.611. The summed E-state index contributed by atoms with van der Waals surface area (Å²) in [5.74, 6) is 0.696. The molecule has 0 radical (unpaired) electrons. The Morgan fingerprint density at radius 2 is 2.09 bits per heavy atom. The average Bonchev–Trinajstić information content (AvgIpc) is 2.88. The Morgan fingerprint density at radius 1 is 1.39 bits per heavy atom. The number of ether oxygens (including phenoxy) is 1. The number of nitrogens with zero attached hydrogens (tertiary/aromatic N) is 2. The van der Waals surface area contributed by atoms with Crippen molar-refractivity contribution in [3.8, 4) is 0 Å². The Kier molecular flexibility index (Phi) is 5.99. The molecule has 0 aromatic heterocycles. The van der Waals surface area contributed by atoms with E-state index in [-0.39, 0.29) is 11.9 Å². The topological polar surface area (TPSA) is 36.9 Å². The molecule has 0 amide bonds. The second kappa shape index (κ2) is 7.77. The van der Waals surface area contributed by atoms with E-state index in [4.69, 9.17) is 9.73 Å². The number of halogens is 1. The Balaban J connectivity index is 2.07. The third-order valence-electron chi connectivity index (χ3n) is 4.25. The van der Waals surface area contributed by atoms with Gasteiger partial charge in [-0.1, -0.05) is 26.0 Å². The number of nitrogens with one attached hydrogen (secondary N) is 1. The highest BCUT2D eigenvalue weighted by Gasteiger charge is 2.31. The van der Waals surface area contributed by atoms with E-state index in [1.165, 1.54) is 18.6 Å². The molecule has 5 heteroatoms. The van der Waals surface area contributed by atoms with Gasteiger partial charge in [-0.05, 0) is 36.5 Å². The molecule has 1 aliphatic rings. The smallest absolute Gasteiger partial charge is 0.194 e. The van der Waals surface area contributed by atoms with Gasteiger partial charge in [-0.3, -0.25) is 4.99 Å². The molecular weight excluding hydrogens is 293 g/mol. The van der Waals surface area contributed by atoms with Gasteiger partial charge >= 0.3 is 0 Å². The average molecular weight is 321 g/mol. The minimum absolute atomic E-state index is 0.167. The van der Waals surface area contributed by atoms with Crippen LogP contribution in [0, 0.1) is 11.2 Å². The number of guanidine groups is 1. The van der Waals surface area contributed by atoms with Crippen molar-refractivity contribution in [2.45, 2.75) is 33.3 Å². The van der Waals surface area contributed by atoms with Crippen LogP contribution in [0.4, 0.5) is 4.39 Å². The predicted molar refractivity (Wildman–Crippen MR) is 92.1 cm³/mol. The molecule has 2 rings (SSSR count). The van der Waals surface area contributed by atoms with E-state index in [1.54, 1.807) is 19.2 Å². The molecule has 23 heavy (non-hydrogen) atoms. The second-order valence-corrected chi connectivity index (χ2v) is 6.81. The zero-order valence-corrected chi connectivity index (χ0v) is 14.6. The lowest BCUT2D eigenvalue weighted by atomic mass is 9.93. The predicted octanol–water partition coefficient (Wildman–Crippen LogP) is 3.21. The van der Waals surface area contributed by atoms with E-state index in [2.05, 4.69) is 31.0 Å². The lowest BCUT2D eigenvalue weighted by Crippen LogP contribution is -2.41. The third-order valence-corrected chi connectivity index (χ3v) is 4.25. The van der Waals surface area contributed by atoms with E-state index in [0.717, 1.165) is 31.2 Å². The molecule has 0 bridgehead atoms. The molecule has 1 unspecified atom stereocenters. The summed E-state index contributed by atoms with van der Waals surface area (Å²) in [7, 11) is 1.66. The zero-order valence-electron chi connectivity index (χ0n) is 14.6. The number of hydrogen-bond donors (Lipinski definition) is 1. The molecule has 1 heterocycles. The van der Waals surface area contributed by atoms with Gasteiger partial charge in [0.1, 0.15) is 11.9 Å². The van der Waals surface area contributed by atoms with Crippen molar-refractivity contribution in [1.29, 1.82) is 0 Å². The molecule has 4 nitrogen and oxygen atoms in total. The van der Waals surface area contributed by atoms with Crippen molar-refractivity contribution in [2.24, 2.45) is 10.4 Å². The van der Waals surface area contributed by atoms with Crippen LogP contribution in [0.2, 0.25) is 0 Å². The third kappa shape index (κ3) is 4.93. The van der Waals surface area contributed by atoms with Gasteiger partial charge in [0.15, 0.2) is 5.96 Å². The van der Waals surface area contributed by atoms with Gasteiger partial charge in [0.2, 0.25) is 0 Å². The molecule has 1 N–H and O–H groups in total. The highest BCUT2D eigenvalue weighted by atomic mass is 19.1. The van der Waals surface area contributed by atoms with Crippen molar-refractivity contribution >= 4 is 5.96 Å². The molecule has 1 aromatic carbocycles. The number of benzene rings is 1. The molecule has 0 saturated carbocycles. The van der Waals surface area contributed by atoms with E-state index in [1.807, 2.05) is 0 Å². The van der Waals surface area contributed by atoms with Gasteiger partial charge in [0.05, 0.1) is 6.54 Å². The minimum Gasteiger partial charge on any atom is -0.375 e. The normalized spacial score (nSPS) is 19.0. The summed E-state index contributed by atoms with van der Waals surface area (Å²) in [6.45, 7) is 10.0. The summed E-state index contributed by atoms with van der Waals surface area (Å²) >= 11 is 0. The van der Waals surface area contributed by atoms with Crippen molar-refractivity contribution in [3.63, 3.8) is 0 Å². The summed E-state index contributed by atoms with van der Waals surface area (Å²) in [5.41, 5.74) is 1.27. The fourth-order valence-corrected chi connectivity index (χ4v) is 2.88. The minimum atomic E-state index is -0.236. The van der Waals surface area contributed by atoms with Crippen LogP contribution in [-0.4, -0.2) is 44.1 Å². The van der Waals surface area contributed by atoms with Gasteiger partial charge in [0, 0.05) is 26.7 Å². The van der Waals surface area contributed by atoms with Crippen LogP contribution in [0.1, 0.15) is 38.9 Å². The monoisotopic (exact) mass is 321 g/mol. The molecule has 1 aromatic rings. The number of rotatable bonds is 5. The number of likely N-dealkylation sites (tertiary alicyclic amines) is 1. The Morgan fingerprint density at radius 3 is 2.61 bits per heavy atom. The van der Waals surface area contributed by atoms with Crippen LogP contribution in [0.25, 0.3) is 0 Å². The van der Waals surface area contributed by atoms with E-state index < -0.39 is 0 Å². The largest absolute Gasteiger partial charge is 0.375 e. The quantitative estimate of drug-likeness (QED) is 0.668. The van der Waals surface area contributed by atoms with Crippen LogP contribution in [0.5, 0.6) is 0 Å². The fourth-order valence-electron chi connectivity index (χ4n) is 2.88. The maximum absolute atomic E-state index is 13.1. The van der Waals surface area contributed by atoms with Crippen molar-refractivity contribution < 1.29 is 9.13 Å². The SMILES string of the molecule is CCNC(=NCC(OC)c1ccc(F)cc1)N1CCC(C)(C)C1. The van der Waals surface area contributed by atoms with Gasteiger partial charge in [-0.2, -0.15) is 0 Å². The molecule has 0 aliphatic carbocycles. The van der Waals surface area contributed by atoms with E-state index in [9.17, 15) is 4.39 Å². The highest BCUT2D eigenvalue weighted by molar-refractivity contribution is 5.80. The lowest BCUT2D eigenvalue weighted by Gasteiger charge is -2.24. The lowest BCUT2D eigenvalue weighted by molar-refractivity contribution is 0.110. The summed E-state index contributed by atoms with van der Waals surface area (Å²) in [4.78, 5) is 7.05. The van der Waals surface area contributed by atoms with Crippen LogP contribution in [-0.2, 0) is 4.74 Å². The first-order valence-electron chi connectivity index (χ1n) is 8.26. The van der Waals surface area contributed by atoms with Gasteiger partial charge in [-0.15, -0.1) is 0 Å². The number of methoxy groups -OCH3 is 1. The van der Waals surface area contributed by atoms with Crippen LogP contribution in [0.3, 0.4) is 0 Å². The second-order valence-electron chi connectivity index (χ2n) is 6.81. The van der Waals surface area contributed by atoms with Gasteiger partial charge in [0.25, 0.3) is 0 Å². The molecule has 0 spiro atoms. The van der Waals surface area contributed by atoms with Crippen molar-refractivity contribution in [3.05, 3.63) is 35.6 Å². The van der Waals surface area contributed by atoms with Crippen LogP contribution < -0.4 is 5.32 Å². The first kappa shape index (κ1) is 17.7. The first-order chi connectivity index (χ1) is 10.9. The summed E-state index contributed by atoms with van der Waals surface area (Å²) in [6.07, 6.45) is 1.00. The summed E-state index contributed by atoms with van der Waals surface area (Å²) < 4.78 is 18.6. The summed E-state index contributed by atoms with van der Waals surface area (Å²) in [5, 5.41) is 3.36. The zero-order chi connectivity index (χ0) is 16.9. The highest BCUT2D eigenvalue weighted by Crippen LogP contribution is 2.28. The Hall–Kier alpha value is -1.62. The molecule has 1 aliphatic heterocycles. The van der Waals surface area contributed by atoms with Crippen LogP contribution in [0.15, 0.2) is 29.3 Å². The molecule has 1 atom stereocenters. The number of hydrogen-bond acceptors (Lipinski definition) is 2. The molecule has 1 fully saturated rings. The first-order valence-corrected chi connectivity index (χ1v) is 8.26.